The minimum Gasteiger partial charge on any atom is -0.306 e. The second-order valence-corrected chi connectivity index (χ2v) is 7.55. The van der Waals surface area contributed by atoms with Gasteiger partial charge in [-0.05, 0) is 61.4 Å². The van der Waals surface area contributed by atoms with Crippen LogP contribution < -0.4 is 5.56 Å². The van der Waals surface area contributed by atoms with Gasteiger partial charge < -0.3 is 4.98 Å². The Kier molecular flexibility index (Phi) is 4.92. The van der Waals surface area contributed by atoms with Gasteiger partial charge >= 0.3 is 0 Å². The molecule has 0 saturated heterocycles. The molecule has 0 radical (unpaired) electrons. The highest BCUT2D eigenvalue weighted by Gasteiger charge is 2.10. The molecule has 2 aromatic carbocycles. The van der Waals surface area contributed by atoms with Crippen LogP contribution in [0.4, 0.5) is 0 Å². The van der Waals surface area contributed by atoms with E-state index >= 15 is 0 Å². The molecule has 138 valence electrons. The highest BCUT2D eigenvalue weighted by molar-refractivity contribution is 9.10. The molecule has 28 heavy (non-hydrogen) atoms. The van der Waals surface area contributed by atoms with Crippen molar-refractivity contribution in [3.05, 3.63) is 91.9 Å². The van der Waals surface area contributed by atoms with E-state index in [4.69, 9.17) is 0 Å². The first-order chi connectivity index (χ1) is 13.5. The third-order valence-electron chi connectivity index (χ3n) is 4.64. The number of aromatic nitrogens is 3. The van der Waals surface area contributed by atoms with Crippen LogP contribution >= 0.6 is 15.9 Å². The normalized spacial score (nSPS) is 11.4. The number of fused-ring (bicyclic) bond motifs is 1. The van der Waals surface area contributed by atoms with Crippen LogP contribution in [0.1, 0.15) is 22.5 Å². The van der Waals surface area contributed by atoms with E-state index in [-0.39, 0.29) is 5.56 Å². The number of hydrogen-bond donors (Lipinski definition) is 1. The predicted molar refractivity (Wildman–Crippen MR) is 118 cm³/mol. The van der Waals surface area contributed by atoms with Crippen molar-refractivity contribution < 1.29 is 0 Å². The van der Waals surface area contributed by atoms with E-state index in [2.05, 4.69) is 30.9 Å². The number of nitrogens with zero attached hydrogens (tertiary/aromatic N) is 2. The van der Waals surface area contributed by atoms with Crippen molar-refractivity contribution >= 4 is 39.0 Å². The van der Waals surface area contributed by atoms with Gasteiger partial charge in [0.15, 0.2) is 0 Å². The second-order valence-electron chi connectivity index (χ2n) is 6.63. The van der Waals surface area contributed by atoms with Gasteiger partial charge in [-0.15, -0.1) is 0 Å². The van der Waals surface area contributed by atoms with Gasteiger partial charge in [0, 0.05) is 15.7 Å². The van der Waals surface area contributed by atoms with Gasteiger partial charge in [0.05, 0.1) is 16.6 Å². The third-order valence-corrected chi connectivity index (χ3v) is 5.13. The van der Waals surface area contributed by atoms with Gasteiger partial charge in [-0.3, -0.25) is 9.78 Å². The SMILES string of the molecule is Cc1cccc(/C=C/c2cccc(-c3nc4ccc(Br)cc4c(=O)[nH]3)c2C)n1. The summed E-state index contributed by atoms with van der Waals surface area (Å²) in [5, 5.41) is 0.567. The molecule has 0 spiro atoms. The average molecular weight is 432 g/mol. The lowest BCUT2D eigenvalue weighted by Gasteiger charge is -2.09. The molecule has 4 aromatic rings. The zero-order valence-corrected chi connectivity index (χ0v) is 17.1. The molecule has 0 aliphatic carbocycles. The van der Waals surface area contributed by atoms with Crippen LogP contribution in [-0.4, -0.2) is 15.0 Å². The Morgan fingerprint density at radius 2 is 1.79 bits per heavy atom. The van der Waals surface area contributed by atoms with Crippen LogP contribution in [-0.2, 0) is 0 Å². The quantitative estimate of drug-likeness (QED) is 0.463. The summed E-state index contributed by atoms with van der Waals surface area (Å²) in [4.78, 5) is 24.6. The Labute approximate surface area is 171 Å². The van der Waals surface area contributed by atoms with Gasteiger partial charge in [0.2, 0.25) is 0 Å². The molecule has 4 nitrogen and oxygen atoms in total. The topological polar surface area (TPSA) is 58.6 Å². The maximum atomic E-state index is 12.5. The molecule has 2 heterocycles. The molecule has 0 amide bonds. The average Bonchev–Trinajstić information content (AvgIpc) is 2.68. The number of rotatable bonds is 3. The molecule has 0 unspecified atom stereocenters. The molecule has 5 heteroatoms. The van der Waals surface area contributed by atoms with Crippen molar-refractivity contribution in [2.45, 2.75) is 13.8 Å². The first kappa shape index (κ1) is 18.3. The fraction of sp³-hybridized carbons (Fsp3) is 0.0870. The van der Waals surface area contributed by atoms with Crippen LogP contribution in [0, 0.1) is 13.8 Å². The Hall–Kier alpha value is -3.05. The Morgan fingerprint density at radius 1 is 0.964 bits per heavy atom. The fourth-order valence-corrected chi connectivity index (χ4v) is 3.52. The molecule has 2 aromatic heterocycles. The van der Waals surface area contributed by atoms with Gasteiger partial charge in [0.1, 0.15) is 5.82 Å². The summed E-state index contributed by atoms with van der Waals surface area (Å²) in [6.07, 6.45) is 4.03. The van der Waals surface area contributed by atoms with Gasteiger partial charge in [-0.2, -0.15) is 0 Å². The number of halogens is 1. The molecule has 0 aliphatic heterocycles. The molecule has 0 saturated carbocycles. The van der Waals surface area contributed by atoms with E-state index in [0.29, 0.717) is 16.7 Å². The van der Waals surface area contributed by atoms with Crippen LogP contribution in [0.15, 0.2) is 63.9 Å². The minimum atomic E-state index is -0.148. The highest BCUT2D eigenvalue weighted by Crippen LogP contribution is 2.25. The number of pyridine rings is 1. The lowest BCUT2D eigenvalue weighted by molar-refractivity contribution is 1.17. The summed E-state index contributed by atoms with van der Waals surface area (Å²) in [6.45, 7) is 4.01. The monoisotopic (exact) mass is 431 g/mol. The summed E-state index contributed by atoms with van der Waals surface area (Å²) in [7, 11) is 0. The predicted octanol–water partition coefficient (Wildman–Crippen LogP) is 5.53. The number of nitrogens with one attached hydrogen (secondary N) is 1. The van der Waals surface area contributed by atoms with Crippen molar-refractivity contribution in [2.24, 2.45) is 0 Å². The summed E-state index contributed by atoms with van der Waals surface area (Å²) in [6, 6.07) is 17.4. The zero-order chi connectivity index (χ0) is 19.7. The van der Waals surface area contributed by atoms with E-state index in [1.54, 1.807) is 6.07 Å². The van der Waals surface area contributed by atoms with Crippen LogP contribution in [0.25, 0.3) is 34.4 Å². The third kappa shape index (κ3) is 3.66. The number of benzene rings is 2. The van der Waals surface area contributed by atoms with Crippen molar-refractivity contribution in [3.8, 4) is 11.4 Å². The first-order valence-electron chi connectivity index (χ1n) is 8.92. The van der Waals surface area contributed by atoms with Gasteiger partial charge in [-0.25, -0.2) is 4.98 Å². The highest BCUT2D eigenvalue weighted by atomic mass is 79.9. The first-order valence-corrected chi connectivity index (χ1v) is 9.72. The standard InChI is InChI=1S/C23H18BrN3O/c1-14-5-3-7-18(25-14)11-9-16-6-4-8-19(15(16)2)22-26-21-12-10-17(24)13-20(21)23(28)27-22/h3-13H,1-2H3,(H,26,27,28)/b11-9+. The zero-order valence-electron chi connectivity index (χ0n) is 15.5. The van der Waals surface area contributed by atoms with E-state index in [9.17, 15) is 4.79 Å². The maximum Gasteiger partial charge on any atom is 0.259 e. The smallest absolute Gasteiger partial charge is 0.259 e. The number of H-pyrrole nitrogens is 1. The lowest BCUT2D eigenvalue weighted by Crippen LogP contribution is -2.10. The molecule has 1 N–H and O–H groups in total. The van der Waals surface area contributed by atoms with Crippen molar-refractivity contribution in [1.29, 1.82) is 0 Å². The molecule has 0 fully saturated rings. The van der Waals surface area contributed by atoms with Crippen LogP contribution in [0.2, 0.25) is 0 Å². The lowest BCUT2D eigenvalue weighted by atomic mass is 10.0. The van der Waals surface area contributed by atoms with Crippen molar-refractivity contribution in [3.63, 3.8) is 0 Å². The number of hydrogen-bond acceptors (Lipinski definition) is 3. The van der Waals surface area contributed by atoms with E-state index < -0.39 is 0 Å². The van der Waals surface area contributed by atoms with Crippen molar-refractivity contribution in [2.75, 3.05) is 0 Å². The minimum absolute atomic E-state index is 0.148. The molecule has 0 atom stereocenters. The van der Waals surface area contributed by atoms with Gasteiger partial charge in [0.25, 0.3) is 5.56 Å². The summed E-state index contributed by atoms with van der Waals surface area (Å²) in [5.41, 5.74) is 5.42. The Morgan fingerprint density at radius 3 is 2.61 bits per heavy atom. The van der Waals surface area contributed by atoms with Gasteiger partial charge in [-0.1, -0.05) is 46.3 Å². The van der Waals surface area contributed by atoms with Crippen molar-refractivity contribution in [1.82, 2.24) is 15.0 Å². The summed E-state index contributed by atoms with van der Waals surface area (Å²) >= 11 is 3.40. The Bertz CT molecular complexity index is 1270. The fourth-order valence-electron chi connectivity index (χ4n) is 3.16. The molecule has 4 rings (SSSR count). The molecular weight excluding hydrogens is 414 g/mol. The van der Waals surface area contributed by atoms with Crippen LogP contribution in [0.3, 0.4) is 0 Å². The van der Waals surface area contributed by atoms with E-state index in [0.717, 1.165) is 32.6 Å². The van der Waals surface area contributed by atoms with Crippen LogP contribution in [0.5, 0.6) is 0 Å². The maximum absolute atomic E-state index is 12.5. The Balaban J connectivity index is 1.77. The molecule has 0 aliphatic rings. The van der Waals surface area contributed by atoms with E-state index in [1.165, 1.54) is 0 Å². The number of aryl methyl sites for hydroxylation is 1. The van der Waals surface area contributed by atoms with E-state index in [1.807, 2.05) is 74.5 Å². The largest absolute Gasteiger partial charge is 0.306 e. The summed E-state index contributed by atoms with van der Waals surface area (Å²) < 4.78 is 0.855. The number of aromatic amines is 1. The molecule has 0 bridgehead atoms. The second kappa shape index (κ2) is 7.52. The molecular formula is C23H18BrN3O. The summed E-state index contributed by atoms with van der Waals surface area (Å²) in [5.74, 6) is 0.571.